The fourth-order valence-electron chi connectivity index (χ4n) is 5.06. The van der Waals surface area contributed by atoms with Gasteiger partial charge in [0.15, 0.2) is 0 Å². The van der Waals surface area contributed by atoms with Crippen LogP contribution in [0.2, 0.25) is 0 Å². The molecule has 3 amide bonds. The molecule has 0 radical (unpaired) electrons. The molecule has 1 aliphatic heterocycles. The summed E-state index contributed by atoms with van der Waals surface area (Å²) in [5, 5.41) is 5.94. The Morgan fingerprint density at radius 3 is 2.13 bits per heavy atom. The lowest BCUT2D eigenvalue weighted by atomic mass is 9.85. The van der Waals surface area contributed by atoms with Crippen LogP contribution in [-0.2, 0) is 27.2 Å². The summed E-state index contributed by atoms with van der Waals surface area (Å²) in [6.07, 6.45) is 3.62. The number of aryl methyl sites for hydroxylation is 1. The van der Waals surface area contributed by atoms with Crippen molar-refractivity contribution in [2.75, 3.05) is 26.7 Å². The van der Waals surface area contributed by atoms with Crippen LogP contribution in [0.25, 0.3) is 0 Å². The van der Waals surface area contributed by atoms with Crippen LogP contribution in [0.3, 0.4) is 0 Å². The molecule has 2 aromatic rings. The van der Waals surface area contributed by atoms with E-state index >= 15 is 0 Å². The van der Waals surface area contributed by atoms with Crippen LogP contribution < -0.4 is 10.6 Å². The van der Waals surface area contributed by atoms with E-state index in [1.807, 2.05) is 67.0 Å². The van der Waals surface area contributed by atoms with Crippen LogP contribution >= 0.6 is 0 Å². The molecule has 0 saturated carbocycles. The summed E-state index contributed by atoms with van der Waals surface area (Å²) in [7, 11) is 1.73. The molecule has 1 saturated heterocycles. The van der Waals surface area contributed by atoms with E-state index in [9.17, 15) is 14.4 Å². The Morgan fingerprint density at radius 2 is 1.56 bits per heavy atom. The number of nitrogens with one attached hydrogen (secondary N) is 2. The number of amides is 3. The summed E-state index contributed by atoms with van der Waals surface area (Å²) in [6.45, 7) is 9.46. The second-order valence-electron chi connectivity index (χ2n) is 11.7. The monoisotopic (exact) mass is 534 g/mol. The number of rotatable bonds is 12. The molecule has 2 N–H and O–H groups in total. The van der Waals surface area contributed by atoms with Gasteiger partial charge in [0, 0.05) is 32.1 Å². The molecule has 39 heavy (non-hydrogen) atoms. The first-order valence-electron chi connectivity index (χ1n) is 14.2. The maximum atomic E-state index is 13.9. The molecule has 0 aliphatic carbocycles. The van der Waals surface area contributed by atoms with Crippen molar-refractivity contribution in [3.63, 3.8) is 0 Å². The van der Waals surface area contributed by atoms with Crippen molar-refractivity contribution >= 4 is 17.7 Å². The van der Waals surface area contributed by atoms with Gasteiger partial charge in [-0.3, -0.25) is 14.4 Å². The zero-order valence-corrected chi connectivity index (χ0v) is 24.3. The molecule has 212 valence electrons. The molecule has 3 atom stereocenters. The van der Waals surface area contributed by atoms with Gasteiger partial charge < -0.3 is 20.4 Å². The van der Waals surface area contributed by atoms with E-state index in [0.717, 1.165) is 24.8 Å². The fourth-order valence-corrected chi connectivity index (χ4v) is 5.06. The van der Waals surface area contributed by atoms with Crippen LogP contribution in [0.5, 0.6) is 0 Å². The highest BCUT2D eigenvalue weighted by Crippen LogP contribution is 2.26. The number of benzene rings is 2. The summed E-state index contributed by atoms with van der Waals surface area (Å²) in [5.41, 5.74) is 1.88. The largest absolute Gasteiger partial charge is 0.342 e. The van der Waals surface area contributed by atoms with Gasteiger partial charge in [-0.2, -0.15) is 0 Å². The van der Waals surface area contributed by atoms with Crippen LogP contribution in [0.15, 0.2) is 60.7 Å². The first-order valence-corrected chi connectivity index (χ1v) is 14.2. The standard InChI is InChI=1S/C32H46N4O3/c1-24(33-5)30(38)34-29(32(2,3)4)31(39)36-21-12-17-27(36)23-35(22-20-26-15-10-7-11-16-26)28(37)19-18-25-13-8-6-9-14-25/h6-11,13-16,24,27,29,33H,12,17-23H2,1-5H3,(H,34,38)/t24-,27-,29+/m0/s1. The Morgan fingerprint density at radius 1 is 0.974 bits per heavy atom. The van der Waals surface area contributed by atoms with Crippen molar-refractivity contribution in [2.45, 2.75) is 77.9 Å². The van der Waals surface area contributed by atoms with Crippen LogP contribution in [0.4, 0.5) is 0 Å². The van der Waals surface area contributed by atoms with Gasteiger partial charge in [0.05, 0.1) is 6.04 Å². The van der Waals surface area contributed by atoms with E-state index < -0.39 is 17.5 Å². The van der Waals surface area contributed by atoms with Crippen LogP contribution in [-0.4, -0.2) is 72.3 Å². The van der Waals surface area contributed by atoms with Crippen molar-refractivity contribution in [3.8, 4) is 0 Å². The van der Waals surface area contributed by atoms with E-state index in [0.29, 0.717) is 32.5 Å². The summed E-state index contributed by atoms with van der Waals surface area (Å²) in [4.78, 5) is 43.9. The highest BCUT2D eigenvalue weighted by molar-refractivity contribution is 5.90. The van der Waals surface area contributed by atoms with Crippen molar-refractivity contribution in [1.29, 1.82) is 0 Å². The molecule has 0 unspecified atom stereocenters. The van der Waals surface area contributed by atoms with Gasteiger partial charge in [-0.25, -0.2) is 0 Å². The molecule has 1 aliphatic rings. The zero-order valence-electron chi connectivity index (χ0n) is 24.3. The molecule has 1 fully saturated rings. The molecule has 0 spiro atoms. The Hall–Kier alpha value is -3.19. The molecule has 7 heteroatoms. The molecule has 2 aromatic carbocycles. The maximum Gasteiger partial charge on any atom is 0.246 e. The number of carbonyl (C=O) groups is 3. The lowest BCUT2D eigenvalue weighted by Crippen LogP contribution is -2.59. The third-order valence-electron chi connectivity index (χ3n) is 7.65. The van der Waals surface area contributed by atoms with Crippen molar-refractivity contribution in [1.82, 2.24) is 20.4 Å². The predicted octanol–water partition coefficient (Wildman–Crippen LogP) is 3.82. The molecule has 0 aromatic heterocycles. The molecule has 7 nitrogen and oxygen atoms in total. The van der Waals surface area contributed by atoms with Gasteiger partial charge in [-0.05, 0) is 56.2 Å². The minimum atomic E-state index is -0.645. The topological polar surface area (TPSA) is 81.8 Å². The number of carbonyl (C=O) groups excluding carboxylic acids is 3. The first-order chi connectivity index (χ1) is 18.6. The van der Waals surface area contributed by atoms with E-state index in [1.165, 1.54) is 5.56 Å². The summed E-state index contributed by atoms with van der Waals surface area (Å²) in [5.74, 6) is -0.152. The normalized spacial score (nSPS) is 16.9. The SMILES string of the molecule is CN[C@@H](C)C(=O)N[C@H](C(=O)N1CCC[C@H]1CN(CCc1ccccc1)C(=O)CCc1ccccc1)C(C)(C)C. The number of likely N-dealkylation sites (N-methyl/N-ethyl adjacent to an activating group) is 1. The number of likely N-dealkylation sites (tertiary alicyclic amines) is 1. The summed E-state index contributed by atoms with van der Waals surface area (Å²) >= 11 is 0. The van der Waals surface area contributed by atoms with Crippen molar-refractivity contribution < 1.29 is 14.4 Å². The molecular weight excluding hydrogens is 488 g/mol. The van der Waals surface area contributed by atoms with Crippen molar-refractivity contribution in [3.05, 3.63) is 71.8 Å². The van der Waals surface area contributed by atoms with Gasteiger partial charge in [0.1, 0.15) is 6.04 Å². The summed E-state index contributed by atoms with van der Waals surface area (Å²) < 4.78 is 0. The third kappa shape index (κ3) is 8.92. The van der Waals surface area contributed by atoms with Gasteiger partial charge in [0.2, 0.25) is 17.7 Å². The Balaban J connectivity index is 1.74. The fraction of sp³-hybridized carbons (Fsp3) is 0.531. The van der Waals surface area contributed by atoms with E-state index in [4.69, 9.17) is 0 Å². The number of hydrogen-bond acceptors (Lipinski definition) is 4. The lowest BCUT2D eigenvalue weighted by Gasteiger charge is -2.37. The zero-order chi connectivity index (χ0) is 28.4. The molecular formula is C32H46N4O3. The Bertz CT molecular complexity index is 1070. The highest BCUT2D eigenvalue weighted by atomic mass is 16.2. The van der Waals surface area contributed by atoms with Gasteiger partial charge in [-0.1, -0.05) is 81.4 Å². The summed E-state index contributed by atoms with van der Waals surface area (Å²) in [6, 6.07) is 19.2. The number of nitrogens with zero attached hydrogens (tertiary/aromatic N) is 2. The first kappa shape index (κ1) is 30.4. The smallest absolute Gasteiger partial charge is 0.246 e. The lowest BCUT2D eigenvalue weighted by molar-refractivity contribution is -0.142. The van der Waals surface area contributed by atoms with Crippen LogP contribution in [0, 0.1) is 5.41 Å². The quantitative estimate of drug-likeness (QED) is 0.434. The average molecular weight is 535 g/mol. The van der Waals surface area contributed by atoms with Gasteiger partial charge in [0.25, 0.3) is 0 Å². The van der Waals surface area contributed by atoms with E-state index in [-0.39, 0.29) is 23.8 Å². The predicted molar refractivity (Wildman–Crippen MR) is 156 cm³/mol. The van der Waals surface area contributed by atoms with Crippen LogP contribution in [0.1, 0.15) is 58.1 Å². The number of hydrogen-bond donors (Lipinski definition) is 2. The van der Waals surface area contributed by atoms with E-state index in [1.54, 1.807) is 14.0 Å². The minimum Gasteiger partial charge on any atom is -0.342 e. The third-order valence-corrected chi connectivity index (χ3v) is 7.65. The minimum absolute atomic E-state index is 0.0682. The maximum absolute atomic E-state index is 13.9. The Labute approximate surface area is 234 Å². The van der Waals surface area contributed by atoms with E-state index in [2.05, 4.69) is 34.9 Å². The average Bonchev–Trinajstić information content (AvgIpc) is 3.40. The molecule has 1 heterocycles. The second-order valence-corrected chi connectivity index (χ2v) is 11.7. The highest BCUT2D eigenvalue weighted by Gasteiger charge is 2.40. The Kier molecular flexibility index (Phi) is 11.1. The van der Waals surface area contributed by atoms with Crippen molar-refractivity contribution in [2.24, 2.45) is 5.41 Å². The second kappa shape index (κ2) is 14.3. The molecule has 0 bridgehead atoms. The van der Waals surface area contributed by atoms with Gasteiger partial charge >= 0.3 is 0 Å². The van der Waals surface area contributed by atoms with Gasteiger partial charge in [-0.15, -0.1) is 0 Å². The molecule has 3 rings (SSSR count).